The zero-order chi connectivity index (χ0) is 17.5. The van der Waals surface area contributed by atoms with E-state index in [2.05, 4.69) is 5.32 Å². The summed E-state index contributed by atoms with van der Waals surface area (Å²) in [5.41, 5.74) is 0.483. The highest BCUT2D eigenvalue weighted by molar-refractivity contribution is 5.96. The van der Waals surface area contributed by atoms with Gasteiger partial charge in [0.05, 0.1) is 0 Å². The van der Waals surface area contributed by atoms with Crippen LogP contribution in [0.2, 0.25) is 0 Å². The molecular weight excluding hydrogens is 316 g/mol. The van der Waals surface area contributed by atoms with Gasteiger partial charge in [0.2, 0.25) is 0 Å². The molecule has 1 amide bonds. The quantitative estimate of drug-likeness (QED) is 0.673. The molecule has 2 rings (SSSR count). The fourth-order valence-corrected chi connectivity index (χ4v) is 1.85. The van der Waals surface area contributed by atoms with Crippen LogP contribution in [0.15, 0.2) is 54.6 Å². The van der Waals surface area contributed by atoms with Gasteiger partial charge in [0.25, 0.3) is 5.91 Å². The summed E-state index contributed by atoms with van der Waals surface area (Å²) < 4.78 is 31.4. The highest BCUT2D eigenvalue weighted by atomic mass is 19.1. The van der Waals surface area contributed by atoms with E-state index in [0.29, 0.717) is 0 Å². The van der Waals surface area contributed by atoms with Crippen LogP contribution in [0.3, 0.4) is 0 Å². The van der Waals surface area contributed by atoms with Crippen molar-refractivity contribution in [1.82, 2.24) is 0 Å². The first-order valence-corrected chi connectivity index (χ1v) is 7.15. The summed E-state index contributed by atoms with van der Waals surface area (Å²) in [6.07, 6.45) is 1.20. The van der Waals surface area contributed by atoms with E-state index in [1.165, 1.54) is 49.4 Å². The molecule has 0 spiro atoms. The van der Waals surface area contributed by atoms with E-state index in [0.717, 1.165) is 12.1 Å². The monoisotopic (exact) mass is 331 g/mol. The third-order valence-corrected chi connectivity index (χ3v) is 3.06. The van der Waals surface area contributed by atoms with E-state index in [1.54, 1.807) is 6.07 Å². The first-order chi connectivity index (χ1) is 11.5. The summed E-state index contributed by atoms with van der Waals surface area (Å²) in [4.78, 5) is 23.6. The first-order valence-electron chi connectivity index (χ1n) is 7.15. The molecule has 0 saturated heterocycles. The molecule has 0 heterocycles. The number of carbonyl (C=O) groups is 2. The summed E-state index contributed by atoms with van der Waals surface area (Å²) >= 11 is 0. The number of hydrogen-bond acceptors (Lipinski definition) is 3. The zero-order valence-corrected chi connectivity index (χ0v) is 12.8. The first kappa shape index (κ1) is 17.3. The van der Waals surface area contributed by atoms with E-state index in [9.17, 15) is 18.4 Å². The van der Waals surface area contributed by atoms with Gasteiger partial charge in [-0.1, -0.05) is 24.3 Å². The molecule has 0 saturated carbocycles. The van der Waals surface area contributed by atoms with Crippen molar-refractivity contribution >= 4 is 23.6 Å². The second kappa shape index (κ2) is 8.01. The van der Waals surface area contributed by atoms with Gasteiger partial charge < -0.3 is 10.1 Å². The van der Waals surface area contributed by atoms with Crippen LogP contribution in [0.4, 0.5) is 14.5 Å². The van der Waals surface area contributed by atoms with Gasteiger partial charge in [-0.3, -0.25) is 4.79 Å². The SMILES string of the molecule is C[C@H](OC(=O)/C=C/c1ccccc1F)C(=O)Nc1cccc(F)c1. The Kier molecular flexibility index (Phi) is 5.78. The van der Waals surface area contributed by atoms with Crippen LogP contribution in [-0.4, -0.2) is 18.0 Å². The molecule has 0 bridgehead atoms. The van der Waals surface area contributed by atoms with Crippen LogP contribution < -0.4 is 5.32 Å². The Morgan fingerprint density at radius 1 is 1.12 bits per heavy atom. The van der Waals surface area contributed by atoms with Crippen molar-refractivity contribution in [3.8, 4) is 0 Å². The molecule has 0 aliphatic rings. The number of benzene rings is 2. The van der Waals surface area contributed by atoms with Crippen LogP contribution in [0.5, 0.6) is 0 Å². The summed E-state index contributed by atoms with van der Waals surface area (Å²) in [6.45, 7) is 1.38. The van der Waals surface area contributed by atoms with Gasteiger partial charge in [-0.05, 0) is 37.3 Å². The maximum Gasteiger partial charge on any atom is 0.331 e. The molecule has 0 fully saturated rings. The molecule has 4 nitrogen and oxygen atoms in total. The van der Waals surface area contributed by atoms with Crippen molar-refractivity contribution in [3.63, 3.8) is 0 Å². The van der Waals surface area contributed by atoms with Crippen molar-refractivity contribution in [2.45, 2.75) is 13.0 Å². The predicted molar refractivity (Wildman–Crippen MR) is 86.0 cm³/mol. The normalized spacial score (nSPS) is 12.0. The number of anilines is 1. The largest absolute Gasteiger partial charge is 0.449 e. The van der Waals surface area contributed by atoms with Gasteiger partial charge >= 0.3 is 5.97 Å². The van der Waals surface area contributed by atoms with Gasteiger partial charge in [-0.2, -0.15) is 0 Å². The Morgan fingerprint density at radius 2 is 1.88 bits per heavy atom. The zero-order valence-electron chi connectivity index (χ0n) is 12.8. The summed E-state index contributed by atoms with van der Waals surface area (Å²) in [5.74, 6) is -2.36. The van der Waals surface area contributed by atoms with Gasteiger partial charge in [0.1, 0.15) is 11.6 Å². The lowest BCUT2D eigenvalue weighted by Gasteiger charge is -2.12. The topological polar surface area (TPSA) is 55.4 Å². The number of halogens is 2. The third kappa shape index (κ3) is 5.01. The summed E-state index contributed by atoms with van der Waals surface area (Å²) in [7, 11) is 0. The minimum absolute atomic E-state index is 0.228. The van der Waals surface area contributed by atoms with E-state index in [1.807, 2.05) is 0 Å². The fourth-order valence-electron chi connectivity index (χ4n) is 1.85. The highest BCUT2D eigenvalue weighted by Crippen LogP contribution is 2.11. The van der Waals surface area contributed by atoms with Gasteiger partial charge in [0, 0.05) is 17.3 Å². The van der Waals surface area contributed by atoms with Crippen molar-refractivity contribution in [3.05, 3.63) is 71.8 Å². The number of carbonyl (C=O) groups excluding carboxylic acids is 2. The lowest BCUT2D eigenvalue weighted by molar-refractivity contribution is -0.148. The number of hydrogen-bond donors (Lipinski definition) is 1. The molecule has 0 aromatic heterocycles. The molecule has 24 heavy (non-hydrogen) atoms. The molecule has 1 N–H and O–H groups in total. The molecule has 0 radical (unpaired) electrons. The minimum Gasteiger partial charge on any atom is -0.449 e. The number of rotatable bonds is 5. The van der Waals surface area contributed by atoms with Crippen LogP contribution in [0.25, 0.3) is 6.08 Å². The summed E-state index contributed by atoms with van der Waals surface area (Å²) in [5, 5.41) is 2.43. The van der Waals surface area contributed by atoms with Crippen molar-refractivity contribution in [1.29, 1.82) is 0 Å². The van der Waals surface area contributed by atoms with Crippen LogP contribution in [0.1, 0.15) is 12.5 Å². The number of ether oxygens (including phenoxy) is 1. The van der Waals surface area contributed by atoms with Gasteiger partial charge in [-0.25, -0.2) is 13.6 Å². The van der Waals surface area contributed by atoms with Crippen LogP contribution in [0, 0.1) is 11.6 Å². The standard InChI is InChI=1S/C18H15F2NO3/c1-12(18(23)21-15-7-4-6-14(19)11-15)24-17(22)10-9-13-5-2-3-8-16(13)20/h2-12H,1H3,(H,21,23)/b10-9+/t12-/m0/s1. The highest BCUT2D eigenvalue weighted by Gasteiger charge is 2.16. The molecule has 1 atom stereocenters. The van der Waals surface area contributed by atoms with E-state index < -0.39 is 29.6 Å². The lowest BCUT2D eigenvalue weighted by atomic mass is 10.2. The molecule has 2 aromatic carbocycles. The number of esters is 1. The predicted octanol–water partition coefficient (Wildman–Crippen LogP) is 3.55. The molecule has 0 unspecified atom stereocenters. The molecule has 6 heteroatoms. The lowest BCUT2D eigenvalue weighted by Crippen LogP contribution is -2.29. The maximum atomic E-state index is 13.4. The molecule has 0 aliphatic heterocycles. The van der Waals surface area contributed by atoms with Crippen molar-refractivity contribution in [2.75, 3.05) is 5.32 Å². The van der Waals surface area contributed by atoms with Gasteiger partial charge in [-0.15, -0.1) is 0 Å². The second-order valence-corrected chi connectivity index (χ2v) is 4.93. The van der Waals surface area contributed by atoms with Crippen LogP contribution >= 0.6 is 0 Å². The molecule has 0 aliphatic carbocycles. The Bertz CT molecular complexity index is 774. The van der Waals surface area contributed by atoms with E-state index in [4.69, 9.17) is 4.74 Å². The second-order valence-electron chi connectivity index (χ2n) is 4.93. The Labute approximate surface area is 137 Å². The molecule has 124 valence electrons. The maximum absolute atomic E-state index is 13.4. The fraction of sp³-hybridized carbons (Fsp3) is 0.111. The smallest absolute Gasteiger partial charge is 0.331 e. The average Bonchev–Trinajstić information content (AvgIpc) is 2.54. The van der Waals surface area contributed by atoms with E-state index in [-0.39, 0.29) is 11.3 Å². The van der Waals surface area contributed by atoms with Crippen molar-refractivity contribution in [2.24, 2.45) is 0 Å². The molecule has 2 aromatic rings. The third-order valence-electron chi connectivity index (χ3n) is 3.06. The number of amides is 1. The number of nitrogens with one attached hydrogen (secondary N) is 1. The Hall–Kier alpha value is -3.02. The van der Waals surface area contributed by atoms with Gasteiger partial charge in [0.15, 0.2) is 6.10 Å². The van der Waals surface area contributed by atoms with E-state index >= 15 is 0 Å². The average molecular weight is 331 g/mol. The Balaban J connectivity index is 1.91. The Morgan fingerprint density at radius 3 is 2.58 bits per heavy atom. The van der Waals surface area contributed by atoms with Crippen LogP contribution in [-0.2, 0) is 14.3 Å². The minimum atomic E-state index is -1.09. The van der Waals surface area contributed by atoms with Crippen molar-refractivity contribution < 1.29 is 23.1 Å². The molecular formula is C18H15F2NO3. The summed E-state index contributed by atoms with van der Waals surface area (Å²) in [6, 6.07) is 11.3.